The second-order valence-electron chi connectivity index (χ2n) is 5.93. The molecule has 0 aromatic heterocycles. The normalized spacial score (nSPS) is 27.2. The molecule has 4 nitrogen and oxygen atoms in total. The van der Waals surface area contributed by atoms with Crippen molar-refractivity contribution >= 4 is 6.03 Å². The third-order valence-corrected chi connectivity index (χ3v) is 4.40. The van der Waals surface area contributed by atoms with Crippen LogP contribution in [0.3, 0.4) is 0 Å². The van der Waals surface area contributed by atoms with Crippen molar-refractivity contribution in [1.29, 1.82) is 0 Å². The van der Waals surface area contributed by atoms with Crippen LogP contribution in [0, 0.1) is 5.92 Å². The molecule has 2 aliphatic rings. The zero-order chi connectivity index (χ0) is 14.7. The first kappa shape index (κ1) is 14.1. The second-order valence-corrected chi connectivity index (χ2v) is 5.93. The summed E-state index contributed by atoms with van der Waals surface area (Å²) in [5, 5.41) is 15.2. The van der Waals surface area contributed by atoms with E-state index in [1.807, 2.05) is 18.2 Å². The van der Waals surface area contributed by atoms with Gasteiger partial charge in [0.1, 0.15) is 0 Å². The molecular formula is C17H22N2O2. The van der Waals surface area contributed by atoms with Gasteiger partial charge in [0.2, 0.25) is 0 Å². The van der Waals surface area contributed by atoms with E-state index in [1.165, 1.54) is 11.1 Å². The van der Waals surface area contributed by atoms with E-state index in [4.69, 9.17) is 5.11 Å². The molecule has 3 N–H and O–H groups in total. The van der Waals surface area contributed by atoms with Gasteiger partial charge in [-0.25, -0.2) is 4.79 Å². The van der Waals surface area contributed by atoms with Gasteiger partial charge in [0.05, 0.1) is 6.04 Å². The molecule has 0 heterocycles. The largest absolute Gasteiger partial charge is 0.396 e. The molecule has 1 unspecified atom stereocenters. The van der Waals surface area contributed by atoms with Crippen molar-refractivity contribution in [2.75, 3.05) is 6.61 Å². The first-order chi connectivity index (χ1) is 10.3. The molecule has 0 saturated carbocycles. The summed E-state index contributed by atoms with van der Waals surface area (Å²) in [6.07, 6.45) is 7.92. The van der Waals surface area contributed by atoms with Crippen molar-refractivity contribution in [3.63, 3.8) is 0 Å². The predicted octanol–water partition coefficient (Wildman–Crippen LogP) is 2.30. The molecule has 0 radical (unpaired) electrons. The predicted molar refractivity (Wildman–Crippen MR) is 81.9 cm³/mol. The van der Waals surface area contributed by atoms with Gasteiger partial charge in [-0.1, -0.05) is 36.4 Å². The number of fused-ring (bicyclic) bond motifs is 1. The monoisotopic (exact) mass is 286 g/mol. The minimum atomic E-state index is -0.120. The van der Waals surface area contributed by atoms with Crippen LogP contribution in [0.1, 0.15) is 36.4 Å². The summed E-state index contributed by atoms with van der Waals surface area (Å²) in [6.45, 7) is 0.145. The van der Waals surface area contributed by atoms with Crippen molar-refractivity contribution in [2.24, 2.45) is 5.92 Å². The topological polar surface area (TPSA) is 61.4 Å². The van der Waals surface area contributed by atoms with Crippen LogP contribution in [0.5, 0.6) is 0 Å². The van der Waals surface area contributed by atoms with E-state index in [1.54, 1.807) is 0 Å². The summed E-state index contributed by atoms with van der Waals surface area (Å²) in [5.74, 6) is 0.172. The first-order valence-electron chi connectivity index (χ1n) is 7.70. The Morgan fingerprint density at radius 3 is 2.90 bits per heavy atom. The van der Waals surface area contributed by atoms with Crippen molar-refractivity contribution in [3.8, 4) is 0 Å². The average molecular weight is 286 g/mol. The van der Waals surface area contributed by atoms with Crippen molar-refractivity contribution in [3.05, 3.63) is 47.5 Å². The second kappa shape index (κ2) is 6.31. The maximum atomic E-state index is 12.2. The Balaban J connectivity index is 1.58. The van der Waals surface area contributed by atoms with Gasteiger partial charge in [-0.2, -0.15) is 0 Å². The van der Waals surface area contributed by atoms with Gasteiger partial charge in [-0.05, 0) is 36.8 Å². The molecule has 4 heteroatoms. The maximum absolute atomic E-state index is 12.2. The van der Waals surface area contributed by atoms with Gasteiger partial charge in [0.15, 0.2) is 0 Å². The van der Waals surface area contributed by atoms with Gasteiger partial charge >= 0.3 is 6.03 Å². The highest BCUT2D eigenvalue weighted by molar-refractivity contribution is 5.75. The van der Waals surface area contributed by atoms with Crippen LogP contribution in [0.2, 0.25) is 0 Å². The average Bonchev–Trinajstić information content (AvgIpc) is 2.95. The molecule has 3 rings (SSSR count). The van der Waals surface area contributed by atoms with Crippen LogP contribution >= 0.6 is 0 Å². The molecule has 2 aliphatic carbocycles. The third-order valence-electron chi connectivity index (χ3n) is 4.40. The Bertz CT molecular complexity index is 541. The van der Waals surface area contributed by atoms with E-state index >= 15 is 0 Å². The number of hydrogen-bond donors (Lipinski definition) is 3. The Morgan fingerprint density at radius 2 is 2.10 bits per heavy atom. The number of hydrogen-bond acceptors (Lipinski definition) is 2. The highest BCUT2D eigenvalue weighted by Crippen LogP contribution is 2.29. The number of rotatable bonds is 3. The number of aliphatic hydroxyl groups is 1. The van der Waals surface area contributed by atoms with Gasteiger partial charge in [-0.15, -0.1) is 0 Å². The summed E-state index contributed by atoms with van der Waals surface area (Å²) >= 11 is 0. The summed E-state index contributed by atoms with van der Waals surface area (Å²) in [7, 11) is 0. The van der Waals surface area contributed by atoms with Crippen molar-refractivity contribution < 1.29 is 9.90 Å². The minimum absolute atomic E-state index is 0.0287. The number of carbonyl (C=O) groups is 1. The van der Waals surface area contributed by atoms with Crippen LogP contribution in [0.25, 0.3) is 0 Å². The fourth-order valence-electron chi connectivity index (χ4n) is 3.29. The molecule has 0 bridgehead atoms. The van der Waals surface area contributed by atoms with Crippen molar-refractivity contribution in [2.45, 2.75) is 37.8 Å². The Kier molecular flexibility index (Phi) is 4.25. The van der Waals surface area contributed by atoms with Crippen LogP contribution in [-0.2, 0) is 6.42 Å². The number of aryl methyl sites for hydroxylation is 1. The van der Waals surface area contributed by atoms with E-state index in [9.17, 15) is 4.79 Å². The molecule has 21 heavy (non-hydrogen) atoms. The Hall–Kier alpha value is -1.81. The van der Waals surface area contributed by atoms with Gasteiger partial charge < -0.3 is 15.7 Å². The quantitative estimate of drug-likeness (QED) is 0.747. The number of carbonyl (C=O) groups excluding carboxylic acids is 1. The molecule has 0 fully saturated rings. The van der Waals surface area contributed by atoms with E-state index in [0.717, 1.165) is 25.7 Å². The molecule has 2 amide bonds. The third kappa shape index (κ3) is 3.27. The van der Waals surface area contributed by atoms with Gasteiger partial charge in [0, 0.05) is 18.6 Å². The van der Waals surface area contributed by atoms with E-state index in [2.05, 4.69) is 28.8 Å². The molecule has 3 atom stereocenters. The van der Waals surface area contributed by atoms with E-state index < -0.39 is 0 Å². The fraction of sp³-hybridized carbons (Fsp3) is 0.471. The highest BCUT2D eigenvalue weighted by Gasteiger charge is 2.24. The number of amides is 2. The molecule has 112 valence electrons. The summed E-state index contributed by atoms with van der Waals surface area (Å²) < 4.78 is 0. The lowest BCUT2D eigenvalue weighted by molar-refractivity contribution is 0.227. The van der Waals surface area contributed by atoms with Crippen LogP contribution in [-0.4, -0.2) is 23.8 Å². The zero-order valence-corrected chi connectivity index (χ0v) is 12.1. The van der Waals surface area contributed by atoms with Crippen LogP contribution in [0.15, 0.2) is 36.4 Å². The Labute approximate surface area is 125 Å². The van der Waals surface area contributed by atoms with E-state index in [-0.39, 0.29) is 30.6 Å². The molecule has 0 saturated heterocycles. The van der Waals surface area contributed by atoms with Crippen LogP contribution in [0.4, 0.5) is 4.79 Å². The SMILES string of the molecule is O=C(NC1CCCc2ccccc21)N[C@@H]1C=C[C@H](CO)C1. The lowest BCUT2D eigenvalue weighted by Crippen LogP contribution is -2.43. The number of benzene rings is 1. The summed E-state index contributed by atoms with van der Waals surface area (Å²) in [5.41, 5.74) is 2.59. The smallest absolute Gasteiger partial charge is 0.315 e. The zero-order valence-electron chi connectivity index (χ0n) is 12.1. The lowest BCUT2D eigenvalue weighted by atomic mass is 9.88. The summed E-state index contributed by atoms with van der Waals surface area (Å²) in [6, 6.07) is 8.35. The molecule has 1 aromatic rings. The number of aliphatic hydroxyl groups excluding tert-OH is 1. The van der Waals surface area contributed by atoms with Crippen molar-refractivity contribution in [1.82, 2.24) is 10.6 Å². The molecule has 1 aromatic carbocycles. The van der Waals surface area contributed by atoms with Gasteiger partial charge in [0.25, 0.3) is 0 Å². The van der Waals surface area contributed by atoms with E-state index in [0.29, 0.717) is 0 Å². The molecule has 0 aliphatic heterocycles. The fourth-order valence-corrected chi connectivity index (χ4v) is 3.29. The minimum Gasteiger partial charge on any atom is -0.396 e. The standard InChI is InChI=1S/C17H22N2O2/c20-11-12-8-9-14(10-12)18-17(21)19-16-7-3-5-13-4-1-2-6-15(13)16/h1-2,4,6,8-9,12,14,16,20H,3,5,7,10-11H2,(H2,18,19,21)/t12-,14+,16?/m0/s1. The molecular weight excluding hydrogens is 264 g/mol. The van der Waals surface area contributed by atoms with Crippen LogP contribution < -0.4 is 10.6 Å². The molecule has 0 spiro atoms. The Morgan fingerprint density at radius 1 is 1.24 bits per heavy atom. The van der Waals surface area contributed by atoms with Gasteiger partial charge in [-0.3, -0.25) is 0 Å². The summed E-state index contributed by atoms with van der Waals surface area (Å²) in [4.78, 5) is 12.2. The number of nitrogens with one attached hydrogen (secondary N) is 2. The highest BCUT2D eigenvalue weighted by atomic mass is 16.3. The first-order valence-corrected chi connectivity index (χ1v) is 7.70. The lowest BCUT2D eigenvalue weighted by Gasteiger charge is -2.27. The number of urea groups is 1. The maximum Gasteiger partial charge on any atom is 0.315 e.